The monoisotopic (exact) mass is 576 g/mol. The van der Waals surface area contributed by atoms with Gasteiger partial charge in [0.1, 0.15) is 0 Å². The Morgan fingerprint density at radius 1 is 0.556 bits per heavy atom. The Kier molecular flexibility index (Phi) is 5.91. The van der Waals surface area contributed by atoms with Crippen LogP contribution in [0.15, 0.2) is 151 Å². The molecule has 212 valence electrons. The summed E-state index contributed by atoms with van der Waals surface area (Å²) in [5, 5.41) is 7.46. The predicted octanol–water partition coefficient (Wildman–Crippen LogP) is 10.2. The second-order valence-corrected chi connectivity index (χ2v) is 11.6. The molecule has 4 heterocycles. The smallest absolute Gasteiger partial charge is 0.0844 e. The van der Waals surface area contributed by atoms with E-state index in [0.29, 0.717) is 0 Å². The Morgan fingerprint density at radius 2 is 1.24 bits per heavy atom. The Bertz CT molecular complexity index is 2360. The molecule has 0 bridgehead atoms. The molecule has 0 radical (unpaired) electrons. The molecule has 0 unspecified atom stereocenters. The third-order valence-electron chi connectivity index (χ3n) is 9.09. The van der Waals surface area contributed by atoms with E-state index in [9.17, 15) is 0 Å². The summed E-state index contributed by atoms with van der Waals surface area (Å²) in [5.41, 5.74) is 10.2. The van der Waals surface area contributed by atoms with Crippen LogP contribution in [0.25, 0.3) is 65.7 Å². The average Bonchev–Trinajstić information content (AvgIpc) is 3.45. The summed E-state index contributed by atoms with van der Waals surface area (Å²) in [5.74, 6) is 0. The first-order valence-corrected chi connectivity index (χ1v) is 15.4. The minimum Gasteiger partial charge on any atom is -0.309 e. The number of aromatic nitrogens is 3. The van der Waals surface area contributed by atoms with Crippen molar-refractivity contribution >= 4 is 54.6 Å². The fourth-order valence-electron chi connectivity index (χ4n) is 6.91. The van der Waals surface area contributed by atoms with E-state index in [0.717, 1.165) is 52.0 Å². The molecule has 4 nitrogen and oxygen atoms in total. The van der Waals surface area contributed by atoms with Gasteiger partial charge in [-0.05, 0) is 87.5 Å². The van der Waals surface area contributed by atoms with Crippen LogP contribution in [-0.4, -0.2) is 20.2 Å². The number of allylic oxidation sites excluding steroid dienone is 1. The standard InChI is InChI=1S/C41H28N4/c1-3-9-33-28(7-1)23-29-8-2-4-10-34(29)41(33)31-16-20-38(44-25-31)37-19-15-30(24-43-37)27-13-17-32(18-14-27)45-39-12-6-5-11-35(39)36-26-42-22-21-40(36)45/h1-15,17-19,21-26H,16,20H2. The number of rotatable bonds is 4. The number of fused-ring (bicyclic) bond motifs is 5. The van der Waals surface area contributed by atoms with Gasteiger partial charge in [0.2, 0.25) is 0 Å². The molecule has 0 fully saturated rings. The zero-order chi connectivity index (χ0) is 29.7. The molecule has 0 atom stereocenters. The molecule has 0 amide bonds. The van der Waals surface area contributed by atoms with Crippen LogP contribution >= 0.6 is 0 Å². The van der Waals surface area contributed by atoms with Gasteiger partial charge in [-0.15, -0.1) is 0 Å². The molecule has 1 aliphatic rings. The highest BCUT2D eigenvalue weighted by Crippen LogP contribution is 2.37. The zero-order valence-corrected chi connectivity index (χ0v) is 24.6. The zero-order valence-electron chi connectivity index (χ0n) is 24.6. The van der Waals surface area contributed by atoms with E-state index in [1.807, 2.05) is 18.6 Å². The lowest BCUT2D eigenvalue weighted by atomic mass is 9.89. The fraction of sp³-hybridized carbons (Fsp3) is 0.0488. The molecule has 0 N–H and O–H groups in total. The molecule has 0 saturated heterocycles. The number of hydrogen-bond acceptors (Lipinski definition) is 3. The topological polar surface area (TPSA) is 43.1 Å². The Labute approximate surface area is 260 Å². The highest BCUT2D eigenvalue weighted by molar-refractivity contribution is 6.11. The van der Waals surface area contributed by atoms with Crippen LogP contribution in [0.4, 0.5) is 0 Å². The maximum absolute atomic E-state index is 4.95. The Morgan fingerprint density at radius 3 is 1.96 bits per heavy atom. The molecule has 3 aromatic heterocycles. The summed E-state index contributed by atoms with van der Waals surface area (Å²) < 4.78 is 2.31. The van der Waals surface area contributed by atoms with Gasteiger partial charge in [-0.25, -0.2) is 0 Å². The van der Waals surface area contributed by atoms with E-state index in [2.05, 4.69) is 137 Å². The quantitative estimate of drug-likeness (QED) is 0.196. The van der Waals surface area contributed by atoms with Crippen molar-refractivity contribution < 1.29 is 0 Å². The van der Waals surface area contributed by atoms with E-state index in [4.69, 9.17) is 9.98 Å². The third kappa shape index (κ3) is 4.26. The number of para-hydroxylation sites is 1. The van der Waals surface area contributed by atoms with Gasteiger partial charge in [0.05, 0.1) is 22.4 Å². The Hall–Kier alpha value is -5.87. The lowest BCUT2D eigenvalue weighted by molar-refractivity contribution is 1.07. The van der Waals surface area contributed by atoms with Crippen LogP contribution in [0.3, 0.4) is 0 Å². The maximum Gasteiger partial charge on any atom is 0.0844 e. The molecule has 4 heteroatoms. The molecular formula is C41H28N4. The molecular weight excluding hydrogens is 548 g/mol. The molecule has 9 rings (SSSR count). The van der Waals surface area contributed by atoms with Crippen molar-refractivity contribution in [1.29, 1.82) is 0 Å². The Balaban J connectivity index is 1.02. The van der Waals surface area contributed by atoms with Gasteiger partial charge in [-0.3, -0.25) is 15.0 Å². The molecule has 0 saturated carbocycles. The fourth-order valence-corrected chi connectivity index (χ4v) is 6.91. The highest BCUT2D eigenvalue weighted by Gasteiger charge is 2.17. The van der Waals surface area contributed by atoms with Crippen molar-refractivity contribution in [3.63, 3.8) is 0 Å². The van der Waals surface area contributed by atoms with Gasteiger partial charge >= 0.3 is 0 Å². The van der Waals surface area contributed by atoms with Gasteiger partial charge in [-0.2, -0.15) is 0 Å². The number of pyridine rings is 2. The number of nitrogens with zero attached hydrogens (tertiary/aromatic N) is 4. The first-order valence-electron chi connectivity index (χ1n) is 15.4. The number of aliphatic imine (C=N–C) groups is 1. The van der Waals surface area contributed by atoms with Crippen LogP contribution in [0.5, 0.6) is 0 Å². The second kappa shape index (κ2) is 10.4. The van der Waals surface area contributed by atoms with Gasteiger partial charge in [0.15, 0.2) is 0 Å². The van der Waals surface area contributed by atoms with Gasteiger partial charge in [-0.1, -0.05) is 84.9 Å². The van der Waals surface area contributed by atoms with E-state index in [1.54, 1.807) is 0 Å². The largest absolute Gasteiger partial charge is 0.309 e. The third-order valence-corrected chi connectivity index (χ3v) is 9.09. The first kappa shape index (κ1) is 25.6. The van der Waals surface area contributed by atoms with Gasteiger partial charge < -0.3 is 4.57 Å². The van der Waals surface area contributed by atoms with Gasteiger partial charge in [0, 0.05) is 46.8 Å². The lowest BCUT2D eigenvalue weighted by Crippen LogP contribution is -2.07. The van der Waals surface area contributed by atoms with Crippen LogP contribution in [-0.2, 0) is 0 Å². The van der Waals surface area contributed by atoms with Crippen molar-refractivity contribution in [2.75, 3.05) is 0 Å². The van der Waals surface area contributed by atoms with E-state index >= 15 is 0 Å². The molecule has 1 aliphatic heterocycles. The predicted molar refractivity (Wildman–Crippen MR) is 187 cm³/mol. The van der Waals surface area contributed by atoms with Crippen molar-refractivity contribution in [2.24, 2.45) is 4.99 Å². The van der Waals surface area contributed by atoms with Crippen molar-refractivity contribution in [3.8, 4) is 16.8 Å². The maximum atomic E-state index is 4.95. The van der Waals surface area contributed by atoms with Crippen molar-refractivity contribution in [3.05, 3.63) is 157 Å². The van der Waals surface area contributed by atoms with Crippen LogP contribution in [0.2, 0.25) is 0 Å². The number of hydrogen-bond donors (Lipinski definition) is 0. The van der Waals surface area contributed by atoms with E-state index in [-0.39, 0.29) is 0 Å². The molecule has 0 spiro atoms. The first-order chi connectivity index (χ1) is 22.3. The number of benzene rings is 5. The highest BCUT2D eigenvalue weighted by atomic mass is 15.0. The minimum absolute atomic E-state index is 0.860. The van der Waals surface area contributed by atoms with Crippen molar-refractivity contribution in [1.82, 2.24) is 14.5 Å². The minimum atomic E-state index is 0.860. The van der Waals surface area contributed by atoms with Crippen LogP contribution in [0.1, 0.15) is 24.1 Å². The SMILES string of the molecule is C1=C(c2c3ccccc3cc3ccccc23)CCC(c2ccc(-c3ccc(-n4c5ccccc5c5cnccc54)cc3)cn2)=N1. The normalized spacial score (nSPS) is 13.4. The summed E-state index contributed by atoms with van der Waals surface area (Å²) in [6, 6.07) is 43.2. The summed E-state index contributed by atoms with van der Waals surface area (Å²) in [6.07, 6.45) is 9.63. The van der Waals surface area contributed by atoms with Crippen LogP contribution < -0.4 is 0 Å². The summed E-state index contributed by atoms with van der Waals surface area (Å²) in [7, 11) is 0. The summed E-state index contributed by atoms with van der Waals surface area (Å²) in [4.78, 5) is 14.2. The van der Waals surface area contributed by atoms with Gasteiger partial charge in [0.25, 0.3) is 0 Å². The lowest BCUT2D eigenvalue weighted by Gasteiger charge is -2.18. The molecule has 8 aromatic rings. The molecule has 45 heavy (non-hydrogen) atoms. The second-order valence-electron chi connectivity index (χ2n) is 11.6. The van der Waals surface area contributed by atoms with Crippen LogP contribution in [0, 0.1) is 0 Å². The average molecular weight is 577 g/mol. The molecule has 0 aliphatic carbocycles. The van der Waals surface area contributed by atoms with E-state index in [1.165, 1.54) is 43.6 Å². The molecule has 5 aromatic carbocycles. The summed E-state index contributed by atoms with van der Waals surface area (Å²) >= 11 is 0. The summed E-state index contributed by atoms with van der Waals surface area (Å²) in [6.45, 7) is 0. The van der Waals surface area contributed by atoms with Crippen molar-refractivity contribution in [2.45, 2.75) is 12.8 Å². The van der Waals surface area contributed by atoms with E-state index < -0.39 is 0 Å².